The Bertz CT molecular complexity index is 555. The van der Waals surface area contributed by atoms with E-state index in [9.17, 15) is 4.79 Å². The number of ketones is 1. The van der Waals surface area contributed by atoms with Gasteiger partial charge < -0.3 is 0 Å². The maximum atomic E-state index is 12.5. The van der Waals surface area contributed by atoms with Gasteiger partial charge in [-0.1, -0.05) is 74.2 Å². The Hall–Kier alpha value is -2.15. The van der Waals surface area contributed by atoms with E-state index < -0.39 is 0 Å². The molecule has 0 aliphatic rings. The minimum Gasteiger partial charge on any atom is -0.293 e. The summed E-state index contributed by atoms with van der Waals surface area (Å²) in [4.78, 5) is 12.5. The summed E-state index contributed by atoms with van der Waals surface area (Å²) < 4.78 is 0. The molecule has 0 bridgehead atoms. The number of hydrogen-bond donors (Lipinski definition) is 0. The van der Waals surface area contributed by atoms with Crippen LogP contribution in [0.4, 0.5) is 0 Å². The number of carbonyl (C=O) groups excluding carboxylic acids is 1. The highest BCUT2D eigenvalue weighted by atomic mass is 16.1. The van der Waals surface area contributed by atoms with Crippen molar-refractivity contribution in [2.45, 2.75) is 12.8 Å². The molecule has 0 heterocycles. The lowest BCUT2D eigenvalue weighted by Gasteiger charge is -2.12. The number of Topliss-reactive ketones (excluding diaryl/α,β-unsaturated/α-hetero) is 1. The molecule has 1 unspecified atom stereocenters. The summed E-state index contributed by atoms with van der Waals surface area (Å²) >= 11 is 0. The smallest absolute Gasteiger partial charge is 0.170 e. The van der Waals surface area contributed by atoms with Crippen LogP contribution in [0.25, 0.3) is 6.08 Å². The molecule has 0 amide bonds. The molecule has 18 heavy (non-hydrogen) atoms. The molecule has 1 atom stereocenters. The maximum Gasteiger partial charge on any atom is 0.170 e. The summed E-state index contributed by atoms with van der Waals surface area (Å²) in [5.74, 6) is 0.00370. The van der Waals surface area contributed by atoms with Gasteiger partial charge in [0.05, 0.1) is 0 Å². The molecule has 90 valence electrons. The summed E-state index contributed by atoms with van der Waals surface area (Å²) in [6.45, 7) is 5.70. The highest BCUT2D eigenvalue weighted by molar-refractivity contribution is 6.03. The van der Waals surface area contributed by atoms with Crippen molar-refractivity contribution >= 4 is 11.9 Å². The second-order valence-electron chi connectivity index (χ2n) is 4.29. The Kier molecular flexibility index (Phi) is 3.73. The van der Waals surface area contributed by atoms with E-state index in [0.717, 1.165) is 16.7 Å². The molecule has 2 rings (SSSR count). The van der Waals surface area contributed by atoms with Gasteiger partial charge in [-0.2, -0.15) is 0 Å². The zero-order chi connectivity index (χ0) is 13.0. The standard InChI is InChI=1S/C17H16O/c1-3-14-9-7-8-12-16(14)17(18)13(2)15-10-5-4-6-11-15/h3-13H,1H2,2H3. The number of hydrogen-bond acceptors (Lipinski definition) is 1. The highest BCUT2D eigenvalue weighted by Gasteiger charge is 2.18. The van der Waals surface area contributed by atoms with Gasteiger partial charge in [0.15, 0.2) is 5.78 Å². The van der Waals surface area contributed by atoms with Crippen LogP contribution < -0.4 is 0 Å². The molecular formula is C17H16O. The van der Waals surface area contributed by atoms with E-state index in [1.807, 2.05) is 61.5 Å². The number of benzene rings is 2. The van der Waals surface area contributed by atoms with Gasteiger partial charge >= 0.3 is 0 Å². The van der Waals surface area contributed by atoms with Crippen molar-refractivity contribution in [1.82, 2.24) is 0 Å². The van der Waals surface area contributed by atoms with E-state index >= 15 is 0 Å². The Morgan fingerprint density at radius 3 is 2.33 bits per heavy atom. The van der Waals surface area contributed by atoms with E-state index in [-0.39, 0.29) is 11.7 Å². The molecule has 0 fully saturated rings. The van der Waals surface area contributed by atoms with E-state index in [1.54, 1.807) is 6.08 Å². The van der Waals surface area contributed by atoms with Gasteiger partial charge in [0.25, 0.3) is 0 Å². The van der Waals surface area contributed by atoms with Crippen LogP contribution in [0.1, 0.15) is 34.3 Å². The molecule has 0 radical (unpaired) electrons. The second kappa shape index (κ2) is 5.46. The predicted octanol–water partition coefficient (Wildman–Crippen LogP) is 4.32. The average Bonchev–Trinajstić information content (AvgIpc) is 2.46. The van der Waals surface area contributed by atoms with Crippen LogP contribution in [0.15, 0.2) is 61.2 Å². The molecule has 0 aromatic heterocycles. The molecule has 1 nitrogen and oxygen atoms in total. The van der Waals surface area contributed by atoms with Crippen molar-refractivity contribution in [1.29, 1.82) is 0 Å². The third-order valence-electron chi connectivity index (χ3n) is 3.14. The molecule has 2 aromatic rings. The monoisotopic (exact) mass is 236 g/mol. The van der Waals surface area contributed by atoms with Gasteiger partial charge in [-0.05, 0) is 11.1 Å². The fourth-order valence-corrected chi connectivity index (χ4v) is 2.03. The van der Waals surface area contributed by atoms with Crippen molar-refractivity contribution in [3.05, 3.63) is 77.9 Å². The molecule has 2 aromatic carbocycles. The summed E-state index contributed by atoms with van der Waals surface area (Å²) in [5, 5.41) is 0. The van der Waals surface area contributed by atoms with Crippen LogP contribution in [-0.2, 0) is 0 Å². The van der Waals surface area contributed by atoms with Gasteiger partial charge in [-0.25, -0.2) is 0 Å². The van der Waals surface area contributed by atoms with Crippen LogP contribution in [-0.4, -0.2) is 5.78 Å². The first kappa shape index (κ1) is 12.3. The van der Waals surface area contributed by atoms with E-state index in [1.165, 1.54) is 0 Å². The largest absolute Gasteiger partial charge is 0.293 e. The van der Waals surface area contributed by atoms with Crippen molar-refractivity contribution in [2.24, 2.45) is 0 Å². The van der Waals surface area contributed by atoms with Crippen molar-refractivity contribution in [3.8, 4) is 0 Å². The highest BCUT2D eigenvalue weighted by Crippen LogP contribution is 2.22. The van der Waals surface area contributed by atoms with Gasteiger partial charge in [0, 0.05) is 11.5 Å². The molecule has 0 aliphatic carbocycles. The first-order chi connectivity index (χ1) is 8.74. The van der Waals surface area contributed by atoms with Crippen LogP contribution in [0.5, 0.6) is 0 Å². The van der Waals surface area contributed by atoms with Crippen molar-refractivity contribution in [3.63, 3.8) is 0 Å². The lowest BCUT2D eigenvalue weighted by atomic mass is 9.90. The van der Waals surface area contributed by atoms with Crippen LogP contribution in [0.2, 0.25) is 0 Å². The first-order valence-corrected chi connectivity index (χ1v) is 6.04. The third-order valence-corrected chi connectivity index (χ3v) is 3.14. The summed E-state index contributed by atoms with van der Waals surface area (Å²) in [5.41, 5.74) is 2.68. The zero-order valence-corrected chi connectivity index (χ0v) is 10.5. The number of rotatable bonds is 4. The quantitative estimate of drug-likeness (QED) is 0.723. The van der Waals surface area contributed by atoms with Gasteiger partial charge in [0.1, 0.15) is 0 Å². The van der Waals surface area contributed by atoms with Crippen LogP contribution >= 0.6 is 0 Å². The van der Waals surface area contributed by atoms with Gasteiger partial charge in [-0.3, -0.25) is 4.79 Å². The Labute approximate surface area is 108 Å². The Morgan fingerprint density at radius 1 is 1.06 bits per heavy atom. The van der Waals surface area contributed by atoms with Gasteiger partial charge in [-0.15, -0.1) is 0 Å². The summed E-state index contributed by atoms with van der Waals surface area (Å²) in [6.07, 6.45) is 1.73. The summed E-state index contributed by atoms with van der Waals surface area (Å²) in [7, 11) is 0. The van der Waals surface area contributed by atoms with E-state index in [0.29, 0.717) is 0 Å². The molecule has 1 heteroatoms. The van der Waals surface area contributed by atoms with Crippen LogP contribution in [0.3, 0.4) is 0 Å². The summed E-state index contributed by atoms with van der Waals surface area (Å²) in [6, 6.07) is 17.4. The number of carbonyl (C=O) groups is 1. The Balaban J connectivity index is 2.34. The van der Waals surface area contributed by atoms with Crippen molar-refractivity contribution in [2.75, 3.05) is 0 Å². The minimum atomic E-state index is -0.132. The van der Waals surface area contributed by atoms with Crippen molar-refractivity contribution < 1.29 is 4.79 Å². The SMILES string of the molecule is C=Cc1ccccc1C(=O)C(C)c1ccccc1. The Morgan fingerprint density at radius 2 is 1.67 bits per heavy atom. The normalized spacial score (nSPS) is 11.8. The van der Waals surface area contributed by atoms with Gasteiger partial charge in [0.2, 0.25) is 0 Å². The average molecular weight is 236 g/mol. The molecular weight excluding hydrogens is 220 g/mol. The zero-order valence-electron chi connectivity index (χ0n) is 10.5. The maximum absolute atomic E-state index is 12.5. The molecule has 0 spiro atoms. The lowest BCUT2D eigenvalue weighted by molar-refractivity contribution is 0.0966. The minimum absolute atomic E-state index is 0.132. The molecule has 0 aliphatic heterocycles. The van der Waals surface area contributed by atoms with Crippen LogP contribution in [0, 0.1) is 0 Å². The lowest BCUT2D eigenvalue weighted by Crippen LogP contribution is -2.10. The fraction of sp³-hybridized carbons (Fsp3) is 0.118. The topological polar surface area (TPSA) is 17.1 Å². The molecule has 0 N–H and O–H groups in total. The first-order valence-electron chi connectivity index (χ1n) is 6.04. The molecule has 0 saturated heterocycles. The third kappa shape index (κ3) is 2.40. The molecule has 0 saturated carbocycles. The van der Waals surface area contributed by atoms with E-state index in [2.05, 4.69) is 6.58 Å². The van der Waals surface area contributed by atoms with E-state index in [4.69, 9.17) is 0 Å². The predicted molar refractivity (Wildman–Crippen MR) is 75.7 cm³/mol. The second-order valence-corrected chi connectivity index (χ2v) is 4.29. The fourth-order valence-electron chi connectivity index (χ4n) is 2.03.